The fourth-order valence-corrected chi connectivity index (χ4v) is 3.26. The van der Waals surface area contributed by atoms with Gasteiger partial charge in [0.2, 0.25) is 0 Å². The number of anilines is 1. The van der Waals surface area contributed by atoms with Crippen LogP contribution < -0.4 is 4.90 Å². The summed E-state index contributed by atoms with van der Waals surface area (Å²) in [5.74, 6) is 2.20. The van der Waals surface area contributed by atoms with Gasteiger partial charge in [-0.05, 0) is 30.4 Å². The summed E-state index contributed by atoms with van der Waals surface area (Å²) in [5, 5.41) is 8.69. The lowest BCUT2D eigenvalue weighted by Crippen LogP contribution is -2.32. The SMILES string of the molecule is CN(c1ncccc1/C=C/C(=O)O)C1CCSC1. The molecule has 1 fully saturated rings. The summed E-state index contributed by atoms with van der Waals surface area (Å²) in [6.07, 6.45) is 5.65. The fraction of sp³-hybridized carbons (Fsp3) is 0.385. The Morgan fingerprint density at radius 3 is 3.17 bits per heavy atom. The van der Waals surface area contributed by atoms with Gasteiger partial charge in [0.25, 0.3) is 0 Å². The zero-order valence-electron chi connectivity index (χ0n) is 10.2. The summed E-state index contributed by atoms with van der Waals surface area (Å²) in [6, 6.07) is 4.20. The first-order chi connectivity index (χ1) is 8.68. The van der Waals surface area contributed by atoms with Gasteiger partial charge in [-0.2, -0.15) is 11.8 Å². The number of carboxylic acids is 1. The third-order valence-electron chi connectivity index (χ3n) is 3.01. The van der Waals surface area contributed by atoms with Crippen molar-refractivity contribution in [1.29, 1.82) is 0 Å². The highest BCUT2D eigenvalue weighted by atomic mass is 32.2. The van der Waals surface area contributed by atoms with Crippen LogP contribution >= 0.6 is 11.8 Å². The molecule has 1 N–H and O–H groups in total. The van der Waals surface area contributed by atoms with Crippen molar-refractivity contribution >= 4 is 29.6 Å². The highest BCUT2D eigenvalue weighted by Gasteiger charge is 2.22. The number of carboxylic acid groups (broad SMARTS) is 1. The van der Waals surface area contributed by atoms with Crippen molar-refractivity contribution < 1.29 is 9.90 Å². The van der Waals surface area contributed by atoms with Crippen LogP contribution in [0.3, 0.4) is 0 Å². The van der Waals surface area contributed by atoms with Gasteiger partial charge >= 0.3 is 5.97 Å². The zero-order chi connectivity index (χ0) is 13.0. The summed E-state index contributed by atoms with van der Waals surface area (Å²) in [6.45, 7) is 0. The van der Waals surface area contributed by atoms with Gasteiger partial charge in [-0.15, -0.1) is 0 Å². The minimum Gasteiger partial charge on any atom is -0.478 e. The molecular weight excluding hydrogens is 248 g/mol. The maximum absolute atomic E-state index is 10.6. The van der Waals surface area contributed by atoms with E-state index in [4.69, 9.17) is 5.11 Å². The predicted molar refractivity (Wildman–Crippen MR) is 75.0 cm³/mol. The Kier molecular flexibility index (Phi) is 4.25. The van der Waals surface area contributed by atoms with E-state index < -0.39 is 5.97 Å². The van der Waals surface area contributed by atoms with E-state index in [0.29, 0.717) is 6.04 Å². The molecule has 1 aromatic rings. The van der Waals surface area contributed by atoms with Crippen molar-refractivity contribution in [1.82, 2.24) is 4.98 Å². The Morgan fingerprint density at radius 2 is 2.50 bits per heavy atom. The maximum atomic E-state index is 10.6. The van der Waals surface area contributed by atoms with Crippen LogP contribution in [0.25, 0.3) is 6.08 Å². The number of hydrogen-bond donors (Lipinski definition) is 1. The van der Waals surface area contributed by atoms with Gasteiger partial charge in [0.15, 0.2) is 0 Å². The van der Waals surface area contributed by atoms with Crippen molar-refractivity contribution in [2.24, 2.45) is 0 Å². The molecule has 1 aliphatic rings. The molecule has 0 amide bonds. The average molecular weight is 264 g/mol. The molecule has 0 saturated carbocycles. The lowest BCUT2D eigenvalue weighted by molar-refractivity contribution is -0.131. The number of aromatic nitrogens is 1. The quantitative estimate of drug-likeness (QED) is 0.844. The Labute approximate surface area is 111 Å². The maximum Gasteiger partial charge on any atom is 0.328 e. The molecule has 0 aromatic carbocycles. The fourth-order valence-electron chi connectivity index (χ4n) is 2.00. The molecule has 0 spiro atoms. The predicted octanol–water partition coefficient (Wildman–Crippen LogP) is 2.12. The number of nitrogens with zero attached hydrogens (tertiary/aromatic N) is 2. The van der Waals surface area contributed by atoms with Gasteiger partial charge < -0.3 is 10.0 Å². The van der Waals surface area contributed by atoms with Crippen molar-refractivity contribution in [2.75, 3.05) is 23.5 Å². The monoisotopic (exact) mass is 264 g/mol. The molecule has 0 aliphatic carbocycles. The van der Waals surface area contributed by atoms with E-state index in [1.54, 1.807) is 12.3 Å². The number of aliphatic carboxylic acids is 1. The normalized spacial score (nSPS) is 19.3. The summed E-state index contributed by atoms with van der Waals surface area (Å²) in [4.78, 5) is 17.1. The molecule has 2 heterocycles. The second-order valence-electron chi connectivity index (χ2n) is 4.22. The molecule has 4 nitrogen and oxygen atoms in total. The van der Waals surface area contributed by atoms with Gasteiger partial charge in [-0.3, -0.25) is 0 Å². The van der Waals surface area contributed by atoms with Crippen molar-refractivity contribution in [3.05, 3.63) is 30.0 Å². The van der Waals surface area contributed by atoms with E-state index >= 15 is 0 Å². The van der Waals surface area contributed by atoms with Gasteiger partial charge in [0.1, 0.15) is 5.82 Å². The van der Waals surface area contributed by atoms with Crippen LogP contribution in [-0.2, 0) is 4.79 Å². The highest BCUT2D eigenvalue weighted by Crippen LogP contribution is 2.27. The van der Waals surface area contributed by atoms with Crippen LogP contribution in [0.2, 0.25) is 0 Å². The first kappa shape index (κ1) is 13.0. The van der Waals surface area contributed by atoms with Crippen molar-refractivity contribution in [3.63, 3.8) is 0 Å². The average Bonchev–Trinajstić information content (AvgIpc) is 2.89. The van der Waals surface area contributed by atoms with Crippen LogP contribution in [0.5, 0.6) is 0 Å². The molecule has 0 radical (unpaired) electrons. The van der Waals surface area contributed by atoms with Crippen LogP contribution in [0.4, 0.5) is 5.82 Å². The molecular formula is C13H16N2O2S. The number of hydrogen-bond acceptors (Lipinski definition) is 4. The standard InChI is InChI=1S/C13H16N2O2S/c1-15(11-6-8-18-9-11)13-10(3-2-7-14-13)4-5-12(16)17/h2-5,7,11H,6,8-9H2,1H3,(H,16,17)/b5-4+. The van der Waals surface area contributed by atoms with Crippen LogP contribution in [-0.4, -0.2) is 40.7 Å². The van der Waals surface area contributed by atoms with Crippen LogP contribution in [0, 0.1) is 0 Å². The first-order valence-corrected chi connectivity index (χ1v) is 7.00. The van der Waals surface area contributed by atoms with E-state index in [0.717, 1.165) is 29.6 Å². The molecule has 96 valence electrons. The third kappa shape index (κ3) is 3.04. The highest BCUT2D eigenvalue weighted by molar-refractivity contribution is 7.99. The third-order valence-corrected chi connectivity index (χ3v) is 4.15. The zero-order valence-corrected chi connectivity index (χ0v) is 11.1. The summed E-state index contributed by atoms with van der Waals surface area (Å²) in [7, 11) is 2.02. The summed E-state index contributed by atoms with van der Waals surface area (Å²) < 4.78 is 0. The van der Waals surface area contributed by atoms with E-state index in [2.05, 4.69) is 9.88 Å². The molecule has 5 heteroatoms. The first-order valence-electron chi connectivity index (χ1n) is 5.85. The van der Waals surface area contributed by atoms with E-state index in [-0.39, 0.29) is 0 Å². The Balaban J connectivity index is 2.23. The minimum atomic E-state index is -0.941. The molecule has 2 rings (SSSR count). The lowest BCUT2D eigenvalue weighted by Gasteiger charge is -2.26. The number of thioether (sulfide) groups is 1. The summed E-state index contributed by atoms with van der Waals surface area (Å²) >= 11 is 1.95. The molecule has 1 unspecified atom stereocenters. The van der Waals surface area contributed by atoms with Gasteiger partial charge in [0.05, 0.1) is 0 Å². The molecule has 1 atom stereocenters. The number of pyridine rings is 1. The minimum absolute atomic E-state index is 0.488. The van der Waals surface area contributed by atoms with E-state index in [1.807, 2.05) is 30.9 Å². The Hall–Kier alpha value is -1.49. The van der Waals surface area contributed by atoms with E-state index in [9.17, 15) is 4.79 Å². The molecule has 0 bridgehead atoms. The molecule has 1 aromatic heterocycles. The Morgan fingerprint density at radius 1 is 1.67 bits per heavy atom. The van der Waals surface area contributed by atoms with Crippen molar-refractivity contribution in [3.8, 4) is 0 Å². The molecule has 18 heavy (non-hydrogen) atoms. The van der Waals surface area contributed by atoms with Crippen LogP contribution in [0.1, 0.15) is 12.0 Å². The largest absolute Gasteiger partial charge is 0.478 e. The van der Waals surface area contributed by atoms with Crippen molar-refractivity contribution in [2.45, 2.75) is 12.5 Å². The van der Waals surface area contributed by atoms with Crippen LogP contribution in [0.15, 0.2) is 24.4 Å². The molecule has 1 saturated heterocycles. The second kappa shape index (κ2) is 5.91. The van der Waals surface area contributed by atoms with Gasteiger partial charge in [-0.25, -0.2) is 9.78 Å². The van der Waals surface area contributed by atoms with Gasteiger partial charge in [-0.1, -0.05) is 0 Å². The summed E-state index contributed by atoms with van der Waals surface area (Å²) in [5.41, 5.74) is 0.847. The molecule has 1 aliphatic heterocycles. The Bertz CT molecular complexity index is 456. The number of carbonyl (C=O) groups is 1. The van der Waals surface area contributed by atoms with Gasteiger partial charge in [0, 0.05) is 36.7 Å². The topological polar surface area (TPSA) is 53.4 Å². The lowest BCUT2D eigenvalue weighted by atomic mass is 10.2. The smallest absolute Gasteiger partial charge is 0.328 e. The second-order valence-corrected chi connectivity index (χ2v) is 5.37. The van der Waals surface area contributed by atoms with E-state index in [1.165, 1.54) is 5.75 Å². The number of rotatable bonds is 4.